The Hall–Kier alpha value is -1.40. The van der Waals surface area contributed by atoms with Crippen LogP contribution in [0, 0.1) is 5.92 Å². The molecule has 1 aliphatic heterocycles. The minimum Gasteiger partial charge on any atom is -0.366 e. The second-order valence-electron chi connectivity index (χ2n) is 8.17. The fourth-order valence-corrected chi connectivity index (χ4v) is 4.36. The lowest BCUT2D eigenvalue weighted by molar-refractivity contribution is -0.126. The molecule has 1 aliphatic carbocycles. The van der Waals surface area contributed by atoms with E-state index in [2.05, 4.69) is 25.2 Å². The number of amides is 1. The number of halogens is 2. The van der Waals surface area contributed by atoms with Crippen LogP contribution in [0.5, 0.6) is 0 Å². The summed E-state index contributed by atoms with van der Waals surface area (Å²) in [6, 6.07) is -0.654. The number of hydrogen-bond acceptors (Lipinski definition) is 4. The molecule has 0 aromatic rings. The molecule has 2 aliphatic rings. The van der Waals surface area contributed by atoms with Crippen LogP contribution in [0.2, 0.25) is 0 Å². The van der Waals surface area contributed by atoms with Crippen molar-refractivity contribution < 1.29 is 19.4 Å². The minimum absolute atomic E-state index is 0.0638. The van der Waals surface area contributed by atoms with Gasteiger partial charge in [-0.15, -0.1) is 0 Å². The highest BCUT2D eigenvalue weighted by atomic mass is 35.5. The van der Waals surface area contributed by atoms with Crippen LogP contribution in [-0.2, 0) is 14.3 Å². The largest absolute Gasteiger partial charge is 0.366 e. The van der Waals surface area contributed by atoms with Crippen LogP contribution >= 0.6 is 23.2 Å². The minimum atomic E-state index is -1.24. The fraction of sp³-hybridized carbons (Fsp3) is 0.565. The Kier molecular flexibility index (Phi) is 9.35. The molecule has 0 radical (unpaired) electrons. The predicted octanol–water partition coefficient (Wildman–Crippen LogP) is 4.89. The first-order chi connectivity index (χ1) is 14.2. The molecule has 1 heterocycles. The van der Waals surface area contributed by atoms with Crippen molar-refractivity contribution in [2.45, 2.75) is 77.2 Å². The summed E-state index contributed by atoms with van der Waals surface area (Å²) in [4.78, 5) is 24.0. The Morgan fingerprint density at radius 2 is 1.97 bits per heavy atom. The van der Waals surface area contributed by atoms with Gasteiger partial charge in [0.15, 0.2) is 6.29 Å². The zero-order chi connectivity index (χ0) is 22.3. The van der Waals surface area contributed by atoms with E-state index >= 15 is 0 Å². The summed E-state index contributed by atoms with van der Waals surface area (Å²) in [5.41, 5.74) is -0.0883. The second kappa shape index (κ2) is 11.3. The summed E-state index contributed by atoms with van der Waals surface area (Å²) >= 11 is 11.9. The molecule has 1 spiro atoms. The molecule has 1 fully saturated rings. The Bertz CT molecular complexity index is 747. The van der Waals surface area contributed by atoms with Gasteiger partial charge in [0, 0.05) is 12.5 Å². The normalized spacial score (nSPS) is 24.9. The van der Waals surface area contributed by atoms with Crippen molar-refractivity contribution in [3.8, 4) is 0 Å². The molecule has 0 saturated carbocycles. The third-order valence-electron chi connectivity index (χ3n) is 5.28. The maximum Gasteiger partial charge on any atom is 0.244 e. The highest BCUT2D eigenvalue weighted by molar-refractivity contribution is 6.55. The van der Waals surface area contributed by atoms with E-state index in [1.807, 2.05) is 6.92 Å². The molecule has 7 heteroatoms. The molecule has 3 atom stereocenters. The first-order valence-electron chi connectivity index (χ1n) is 10.5. The molecule has 2 rings (SSSR count). The first kappa shape index (κ1) is 24.9. The van der Waals surface area contributed by atoms with Gasteiger partial charge in [-0.25, -0.2) is 0 Å². The maximum absolute atomic E-state index is 12.3. The molecule has 1 saturated heterocycles. The maximum atomic E-state index is 12.3. The number of ether oxygens (including phenoxy) is 1. The van der Waals surface area contributed by atoms with Crippen LogP contribution in [0.3, 0.4) is 0 Å². The van der Waals surface area contributed by atoms with E-state index in [0.29, 0.717) is 5.92 Å². The molecular weight excluding hydrogens is 425 g/mol. The number of rotatable bonds is 9. The summed E-state index contributed by atoms with van der Waals surface area (Å²) in [6.45, 7) is 6.35. The summed E-state index contributed by atoms with van der Waals surface area (Å²) in [5, 5.41) is 12.8. The van der Waals surface area contributed by atoms with Gasteiger partial charge in [0.1, 0.15) is 5.60 Å². The van der Waals surface area contributed by atoms with Crippen molar-refractivity contribution in [2.24, 2.45) is 5.92 Å². The average molecular weight is 456 g/mol. The lowest BCUT2D eigenvalue weighted by atomic mass is 9.92. The van der Waals surface area contributed by atoms with Crippen molar-refractivity contribution in [1.82, 2.24) is 5.32 Å². The van der Waals surface area contributed by atoms with Gasteiger partial charge in [-0.05, 0) is 31.4 Å². The van der Waals surface area contributed by atoms with E-state index in [-0.39, 0.29) is 22.4 Å². The molecule has 0 aromatic carbocycles. The standard InChI is InChI=1S/C23H31Cl2NO4/c1-4-5-6-7-8-15(2)11-16(3)9-10-20(27)26-19-14-23(30-22(19)29)12-17(24)21(28)18(25)13-23/h9-13,15,19,22,29H,4-8,14H2,1-3H3,(H,26,27)/b10-9+,16-11+/t15-,19+,22?/m1/s1. The van der Waals surface area contributed by atoms with Crippen LogP contribution in [0.4, 0.5) is 0 Å². The highest BCUT2D eigenvalue weighted by Crippen LogP contribution is 2.39. The molecular formula is C23H31Cl2NO4. The number of aliphatic hydroxyl groups excluding tert-OH is 1. The number of aliphatic hydroxyl groups is 1. The number of Topliss-reactive ketones (excluding diaryl/α,β-unsaturated/α-hetero) is 1. The molecule has 5 nitrogen and oxygen atoms in total. The topological polar surface area (TPSA) is 75.6 Å². The molecule has 0 bridgehead atoms. The Morgan fingerprint density at radius 3 is 2.60 bits per heavy atom. The van der Waals surface area contributed by atoms with Gasteiger partial charge in [-0.2, -0.15) is 0 Å². The van der Waals surface area contributed by atoms with E-state index < -0.39 is 23.7 Å². The van der Waals surface area contributed by atoms with Gasteiger partial charge >= 0.3 is 0 Å². The summed E-state index contributed by atoms with van der Waals surface area (Å²) in [6.07, 6.45) is 13.3. The third-order valence-corrected chi connectivity index (χ3v) is 5.85. The molecule has 1 unspecified atom stereocenters. The van der Waals surface area contributed by atoms with Gasteiger partial charge in [-0.3, -0.25) is 9.59 Å². The van der Waals surface area contributed by atoms with Crippen molar-refractivity contribution in [2.75, 3.05) is 0 Å². The molecule has 0 aromatic heterocycles. The number of carbonyl (C=O) groups excluding carboxylic acids is 2. The first-order valence-corrected chi connectivity index (χ1v) is 11.3. The van der Waals surface area contributed by atoms with Gasteiger partial charge in [0.05, 0.1) is 16.1 Å². The summed E-state index contributed by atoms with van der Waals surface area (Å²) in [7, 11) is 0. The smallest absolute Gasteiger partial charge is 0.244 e. The SMILES string of the molecule is CCCCCC[C@@H](C)/C=C(C)/C=C/C(=O)N[C@H]1CC2(C=C(Cl)C(=O)C(Cl)=C2)OC1O. The second-order valence-corrected chi connectivity index (χ2v) is 8.98. The molecule has 166 valence electrons. The van der Waals surface area contributed by atoms with Crippen molar-refractivity contribution in [1.29, 1.82) is 0 Å². The molecule has 2 N–H and O–H groups in total. The van der Waals surface area contributed by atoms with E-state index in [1.165, 1.54) is 43.9 Å². The Labute approximate surface area is 188 Å². The van der Waals surface area contributed by atoms with Crippen LogP contribution in [0.15, 0.2) is 46.0 Å². The third kappa shape index (κ3) is 7.09. The quantitative estimate of drug-likeness (QED) is 0.295. The molecule has 30 heavy (non-hydrogen) atoms. The average Bonchev–Trinajstić information content (AvgIpc) is 2.96. The summed E-state index contributed by atoms with van der Waals surface area (Å²) < 4.78 is 5.56. The lowest BCUT2D eigenvalue weighted by Crippen LogP contribution is -2.39. The van der Waals surface area contributed by atoms with Crippen molar-refractivity contribution >= 4 is 34.9 Å². The van der Waals surface area contributed by atoms with Crippen LogP contribution in [-0.4, -0.2) is 34.7 Å². The van der Waals surface area contributed by atoms with Crippen LogP contribution in [0.25, 0.3) is 0 Å². The molecule has 1 amide bonds. The highest BCUT2D eigenvalue weighted by Gasteiger charge is 2.46. The number of unbranched alkanes of at least 4 members (excludes halogenated alkanes) is 3. The van der Waals surface area contributed by atoms with Gasteiger partial charge in [-0.1, -0.05) is 80.5 Å². The number of ketones is 1. The van der Waals surface area contributed by atoms with Gasteiger partial charge in [0.25, 0.3) is 0 Å². The van der Waals surface area contributed by atoms with E-state index in [0.717, 1.165) is 12.0 Å². The predicted molar refractivity (Wildman–Crippen MR) is 120 cm³/mol. The van der Waals surface area contributed by atoms with E-state index in [1.54, 1.807) is 6.08 Å². The fourth-order valence-electron chi connectivity index (χ4n) is 3.74. The number of carbonyl (C=O) groups is 2. The lowest BCUT2D eigenvalue weighted by Gasteiger charge is -2.24. The van der Waals surface area contributed by atoms with E-state index in [4.69, 9.17) is 27.9 Å². The summed E-state index contributed by atoms with van der Waals surface area (Å²) in [5.74, 6) is -0.360. The zero-order valence-corrected chi connectivity index (χ0v) is 19.3. The van der Waals surface area contributed by atoms with Crippen LogP contribution in [0.1, 0.15) is 59.3 Å². The van der Waals surface area contributed by atoms with E-state index in [9.17, 15) is 14.7 Å². The zero-order valence-electron chi connectivity index (χ0n) is 17.8. The monoisotopic (exact) mass is 455 g/mol. The van der Waals surface area contributed by atoms with Crippen molar-refractivity contribution in [3.63, 3.8) is 0 Å². The number of nitrogens with one attached hydrogen (secondary N) is 1. The number of allylic oxidation sites excluding steroid dienone is 5. The Balaban J connectivity index is 1.89. The van der Waals surface area contributed by atoms with Gasteiger partial charge < -0.3 is 15.2 Å². The van der Waals surface area contributed by atoms with Crippen LogP contribution < -0.4 is 5.32 Å². The van der Waals surface area contributed by atoms with Gasteiger partial charge in [0.2, 0.25) is 11.7 Å². The van der Waals surface area contributed by atoms with Crippen molar-refractivity contribution in [3.05, 3.63) is 46.0 Å². The Morgan fingerprint density at radius 1 is 1.30 bits per heavy atom. The number of hydrogen-bond donors (Lipinski definition) is 2.